The first-order chi connectivity index (χ1) is 9.13. The number of aromatic nitrogens is 4. The van der Waals surface area contributed by atoms with Crippen molar-refractivity contribution in [2.75, 3.05) is 13.1 Å². The van der Waals surface area contributed by atoms with Crippen LogP contribution in [0.5, 0.6) is 0 Å². The van der Waals surface area contributed by atoms with Crippen molar-refractivity contribution in [3.05, 3.63) is 29.4 Å². The van der Waals surface area contributed by atoms with Crippen molar-refractivity contribution >= 4 is 5.91 Å². The van der Waals surface area contributed by atoms with Gasteiger partial charge in [-0.15, -0.1) is 0 Å². The summed E-state index contributed by atoms with van der Waals surface area (Å²) in [4.78, 5) is 25.2. The lowest BCUT2D eigenvalue weighted by molar-refractivity contribution is 0.0778. The van der Waals surface area contributed by atoms with Crippen molar-refractivity contribution in [1.29, 1.82) is 0 Å². The SMILES string of the molecule is Cc1noc(C2CCN(C(=O)c3ncc(C)[nH]3)C2)n1. The van der Waals surface area contributed by atoms with Crippen molar-refractivity contribution in [3.63, 3.8) is 0 Å². The highest BCUT2D eigenvalue weighted by atomic mass is 16.5. The molecule has 1 N–H and O–H groups in total. The predicted octanol–water partition coefficient (Wildman–Crippen LogP) is 1.04. The standard InChI is InChI=1S/C12H15N5O2/c1-7-5-13-10(14-7)12(18)17-4-3-9(6-17)11-15-8(2)16-19-11/h5,9H,3-4,6H2,1-2H3,(H,13,14). The molecule has 0 saturated carbocycles. The van der Waals surface area contributed by atoms with Gasteiger partial charge in [0.15, 0.2) is 11.6 Å². The highest BCUT2D eigenvalue weighted by molar-refractivity contribution is 5.90. The van der Waals surface area contributed by atoms with Gasteiger partial charge in [0.25, 0.3) is 5.91 Å². The normalized spacial score (nSPS) is 19.1. The summed E-state index contributed by atoms with van der Waals surface area (Å²) in [6, 6.07) is 0. The van der Waals surface area contributed by atoms with E-state index in [0.717, 1.165) is 12.1 Å². The van der Waals surface area contributed by atoms with Gasteiger partial charge in [-0.1, -0.05) is 5.16 Å². The van der Waals surface area contributed by atoms with E-state index in [1.165, 1.54) is 0 Å². The van der Waals surface area contributed by atoms with Crippen LogP contribution >= 0.6 is 0 Å². The number of carbonyl (C=O) groups is 1. The predicted molar refractivity (Wildman–Crippen MR) is 65.6 cm³/mol. The molecule has 7 nitrogen and oxygen atoms in total. The van der Waals surface area contributed by atoms with Gasteiger partial charge in [0.1, 0.15) is 0 Å². The Labute approximate surface area is 110 Å². The van der Waals surface area contributed by atoms with Gasteiger partial charge in [0, 0.05) is 25.0 Å². The summed E-state index contributed by atoms with van der Waals surface area (Å²) in [6.07, 6.45) is 2.50. The zero-order valence-corrected chi connectivity index (χ0v) is 10.9. The molecule has 1 unspecified atom stereocenters. The monoisotopic (exact) mass is 261 g/mol. The Bertz CT molecular complexity index is 603. The molecule has 1 aliphatic heterocycles. The Hall–Kier alpha value is -2.18. The van der Waals surface area contributed by atoms with E-state index < -0.39 is 0 Å². The van der Waals surface area contributed by atoms with E-state index in [-0.39, 0.29) is 11.8 Å². The second-order valence-electron chi connectivity index (χ2n) is 4.83. The van der Waals surface area contributed by atoms with E-state index in [0.29, 0.717) is 30.6 Å². The van der Waals surface area contributed by atoms with Crippen molar-refractivity contribution in [2.24, 2.45) is 0 Å². The molecule has 2 aromatic heterocycles. The first-order valence-electron chi connectivity index (χ1n) is 6.24. The van der Waals surface area contributed by atoms with Gasteiger partial charge in [-0.25, -0.2) is 4.98 Å². The highest BCUT2D eigenvalue weighted by Crippen LogP contribution is 2.26. The van der Waals surface area contributed by atoms with Crippen molar-refractivity contribution in [3.8, 4) is 0 Å². The molecule has 100 valence electrons. The van der Waals surface area contributed by atoms with Crippen LogP contribution in [-0.2, 0) is 0 Å². The fourth-order valence-electron chi connectivity index (χ4n) is 2.30. The third-order valence-corrected chi connectivity index (χ3v) is 3.27. The molecule has 1 saturated heterocycles. The number of nitrogens with zero attached hydrogens (tertiary/aromatic N) is 4. The summed E-state index contributed by atoms with van der Waals surface area (Å²) in [6.45, 7) is 4.94. The smallest absolute Gasteiger partial charge is 0.289 e. The Kier molecular flexibility index (Phi) is 2.81. The van der Waals surface area contributed by atoms with Gasteiger partial charge >= 0.3 is 0 Å². The van der Waals surface area contributed by atoms with Crippen LogP contribution in [0.15, 0.2) is 10.7 Å². The minimum atomic E-state index is -0.0770. The van der Waals surface area contributed by atoms with Gasteiger partial charge in [-0.05, 0) is 20.3 Å². The lowest BCUT2D eigenvalue weighted by atomic mass is 10.1. The van der Waals surface area contributed by atoms with Crippen LogP contribution in [0.2, 0.25) is 0 Å². The molecular formula is C12H15N5O2. The molecule has 19 heavy (non-hydrogen) atoms. The second-order valence-corrected chi connectivity index (χ2v) is 4.83. The minimum Gasteiger partial charge on any atom is -0.339 e. The summed E-state index contributed by atoms with van der Waals surface area (Å²) in [5.41, 5.74) is 0.881. The average molecular weight is 261 g/mol. The molecule has 1 atom stereocenters. The van der Waals surface area contributed by atoms with Crippen LogP contribution in [0.25, 0.3) is 0 Å². The van der Waals surface area contributed by atoms with E-state index in [4.69, 9.17) is 4.52 Å². The third-order valence-electron chi connectivity index (χ3n) is 3.27. The number of carbonyl (C=O) groups excluding carboxylic acids is 1. The molecule has 2 aromatic rings. The summed E-state index contributed by atoms with van der Waals surface area (Å²) < 4.78 is 5.16. The molecule has 1 amide bonds. The molecule has 3 heterocycles. The van der Waals surface area contributed by atoms with E-state index in [1.807, 2.05) is 6.92 Å². The molecule has 1 fully saturated rings. The summed E-state index contributed by atoms with van der Waals surface area (Å²) in [7, 11) is 0. The molecule has 0 aromatic carbocycles. The van der Waals surface area contributed by atoms with Crippen LogP contribution in [0.3, 0.4) is 0 Å². The molecular weight excluding hydrogens is 246 g/mol. The van der Waals surface area contributed by atoms with Gasteiger partial charge in [0.2, 0.25) is 5.89 Å². The number of rotatable bonds is 2. The molecule has 0 spiro atoms. The maximum Gasteiger partial charge on any atom is 0.289 e. The van der Waals surface area contributed by atoms with Gasteiger partial charge in [-0.3, -0.25) is 4.79 Å². The van der Waals surface area contributed by atoms with Gasteiger partial charge in [0.05, 0.1) is 5.92 Å². The van der Waals surface area contributed by atoms with E-state index >= 15 is 0 Å². The van der Waals surface area contributed by atoms with Crippen molar-refractivity contribution in [2.45, 2.75) is 26.2 Å². The average Bonchev–Trinajstić information content (AvgIpc) is 3.07. The van der Waals surface area contributed by atoms with Crippen molar-refractivity contribution in [1.82, 2.24) is 25.0 Å². The van der Waals surface area contributed by atoms with Crippen LogP contribution in [0.1, 0.15) is 40.4 Å². The topological polar surface area (TPSA) is 87.9 Å². The van der Waals surface area contributed by atoms with Crippen LogP contribution < -0.4 is 0 Å². The first-order valence-corrected chi connectivity index (χ1v) is 6.24. The number of amides is 1. The summed E-state index contributed by atoms with van der Waals surface area (Å²) in [5.74, 6) is 1.68. The highest BCUT2D eigenvalue weighted by Gasteiger charge is 2.32. The Morgan fingerprint density at radius 2 is 2.37 bits per heavy atom. The number of aryl methyl sites for hydroxylation is 2. The molecule has 0 aliphatic carbocycles. The van der Waals surface area contributed by atoms with Gasteiger partial charge < -0.3 is 14.4 Å². The van der Waals surface area contributed by atoms with Crippen LogP contribution in [0.4, 0.5) is 0 Å². The molecule has 0 bridgehead atoms. The number of hydrogen-bond acceptors (Lipinski definition) is 5. The zero-order valence-electron chi connectivity index (χ0n) is 10.9. The maximum absolute atomic E-state index is 12.2. The fourth-order valence-corrected chi connectivity index (χ4v) is 2.30. The zero-order chi connectivity index (χ0) is 13.4. The van der Waals surface area contributed by atoms with Crippen molar-refractivity contribution < 1.29 is 9.32 Å². The second kappa shape index (κ2) is 4.49. The number of aromatic amines is 1. The maximum atomic E-state index is 12.2. The van der Waals surface area contributed by atoms with E-state index in [9.17, 15) is 4.79 Å². The fraction of sp³-hybridized carbons (Fsp3) is 0.500. The number of likely N-dealkylation sites (tertiary alicyclic amines) is 1. The van der Waals surface area contributed by atoms with E-state index in [1.54, 1.807) is 18.0 Å². The Morgan fingerprint density at radius 1 is 1.53 bits per heavy atom. The quantitative estimate of drug-likeness (QED) is 0.872. The first kappa shape index (κ1) is 11.9. The van der Waals surface area contributed by atoms with Gasteiger partial charge in [-0.2, -0.15) is 4.98 Å². The molecule has 0 radical (unpaired) electrons. The number of H-pyrrole nitrogens is 1. The lowest BCUT2D eigenvalue weighted by Gasteiger charge is -2.13. The Balaban J connectivity index is 1.70. The van der Waals surface area contributed by atoms with Crippen LogP contribution in [0, 0.1) is 13.8 Å². The van der Waals surface area contributed by atoms with E-state index in [2.05, 4.69) is 20.1 Å². The number of imidazole rings is 1. The largest absolute Gasteiger partial charge is 0.339 e. The third kappa shape index (κ3) is 2.23. The summed E-state index contributed by atoms with van der Waals surface area (Å²) in [5, 5.41) is 3.78. The minimum absolute atomic E-state index is 0.0770. The molecule has 3 rings (SSSR count). The Morgan fingerprint density at radius 3 is 3.00 bits per heavy atom. The lowest BCUT2D eigenvalue weighted by Crippen LogP contribution is -2.29. The number of hydrogen-bond donors (Lipinski definition) is 1. The summed E-state index contributed by atoms with van der Waals surface area (Å²) >= 11 is 0. The molecule has 7 heteroatoms. The number of nitrogens with one attached hydrogen (secondary N) is 1. The van der Waals surface area contributed by atoms with Crippen LogP contribution in [-0.4, -0.2) is 44.0 Å². The molecule has 1 aliphatic rings.